The van der Waals surface area contributed by atoms with Gasteiger partial charge in [0.25, 0.3) is 0 Å². The number of pyridine rings is 1. The third kappa shape index (κ3) is 3.39. The highest BCUT2D eigenvalue weighted by atomic mass is 16.5. The van der Waals surface area contributed by atoms with Crippen LogP contribution in [0.15, 0.2) is 24.7 Å². The van der Waals surface area contributed by atoms with Crippen molar-refractivity contribution in [2.24, 2.45) is 0 Å². The average molecular weight is 383 g/mol. The minimum Gasteiger partial charge on any atom is -0.395 e. The number of amides is 1. The maximum absolute atomic E-state index is 10.9. The van der Waals surface area contributed by atoms with Crippen molar-refractivity contribution in [3.8, 4) is 11.3 Å². The van der Waals surface area contributed by atoms with Crippen LogP contribution in [0.1, 0.15) is 0 Å². The molecule has 0 spiro atoms. The molecular formula is C18H21N7O3. The number of carbonyl (C=O) groups excluding carboxylic acids is 1. The van der Waals surface area contributed by atoms with E-state index < -0.39 is 0 Å². The Morgan fingerprint density at radius 2 is 2.07 bits per heavy atom. The Hall–Kier alpha value is -3.11. The van der Waals surface area contributed by atoms with E-state index >= 15 is 0 Å². The molecule has 1 N–H and O–H groups in total. The predicted octanol–water partition coefficient (Wildman–Crippen LogP) is 0.310. The Bertz CT molecular complexity index is 967. The van der Waals surface area contributed by atoms with Gasteiger partial charge < -0.3 is 24.2 Å². The number of aliphatic hydroxyl groups is 1. The van der Waals surface area contributed by atoms with Crippen LogP contribution in [0.5, 0.6) is 0 Å². The van der Waals surface area contributed by atoms with Crippen LogP contribution in [0.2, 0.25) is 0 Å². The standard InChI is InChI=1S/C18H21N7O3/c1-23(12-27)14-3-2-13(10-19-14)15-16-17(25(4-7-26)11-20-16)22-18(21-15)24-5-8-28-9-6-24/h2-3,10-12,26H,4-9H2,1H3. The van der Waals surface area contributed by atoms with Crippen molar-refractivity contribution in [1.29, 1.82) is 0 Å². The van der Waals surface area contributed by atoms with E-state index in [4.69, 9.17) is 14.7 Å². The number of carbonyl (C=O) groups is 1. The number of hydrogen-bond acceptors (Lipinski definition) is 8. The summed E-state index contributed by atoms with van der Waals surface area (Å²) in [5.74, 6) is 1.14. The Labute approximate surface area is 161 Å². The second-order valence-electron chi connectivity index (χ2n) is 6.43. The molecule has 1 amide bonds. The fraction of sp³-hybridized carbons (Fsp3) is 0.389. The Balaban J connectivity index is 1.82. The Morgan fingerprint density at radius 3 is 2.75 bits per heavy atom. The van der Waals surface area contributed by atoms with Gasteiger partial charge in [-0.1, -0.05) is 0 Å². The fourth-order valence-electron chi connectivity index (χ4n) is 3.10. The number of aromatic nitrogens is 5. The molecule has 0 aliphatic carbocycles. The lowest BCUT2D eigenvalue weighted by Gasteiger charge is -2.27. The first-order valence-corrected chi connectivity index (χ1v) is 9.02. The topological polar surface area (TPSA) is 110 Å². The first-order chi connectivity index (χ1) is 13.7. The van der Waals surface area contributed by atoms with Gasteiger partial charge in [0, 0.05) is 38.4 Å². The number of imidazole rings is 1. The summed E-state index contributed by atoms with van der Waals surface area (Å²) < 4.78 is 7.24. The Morgan fingerprint density at radius 1 is 1.25 bits per heavy atom. The molecule has 146 valence electrons. The summed E-state index contributed by atoms with van der Waals surface area (Å²) in [6.45, 7) is 3.06. The van der Waals surface area contributed by atoms with Gasteiger partial charge in [-0.25, -0.2) is 15.0 Å². The van der Waals surface area contributed by atoms with Gasteiger partial charge in [0.2, 0.25) is 12.4 Å². The van der Waals surface area contributed by atoms with E-state index in [1.165, 1.54) is 4.90 Å². The highest BCUT2D eigenvalue weighted by Gasteiger charge is 2.20. The molecule has 0 saturated carbocycles. The zero-order valence-corrected chi connectivity index (χ0v) is 15.5. The summed E-state index contributed by atoms with van der Waals surface area (Å²) in [6.07, 6.45) is 4.04. The van der Waals surface area contributed by atoms with Gasteiger partial charge in [-0.2, -0.15) is 4.98 Å². The van der Waals surface area contributed by atoms with Gasteiger partial charge in [-0.3, -0.25) is 4.79 Å². The lowest BCUT2D eigenvalue weighted by molar-refractivity contribution is -0.107. The van der Waals surface area contributed by atoms with Crippen molar-refractivity contribution in [1.82, 2.24) is 24.5 Å². The fourth-order valence-corrected chi connectivity index (χ4v) is 3.10. The van der Waals surface area contributed by atoms with Crippen LogP contribution >= 0.6 is 0 Å². The maximum Gasteiger partial charge on any atom is 0.228 e. The maximum atomic E-state index is 10.9. The molecule has 0 aromatic carbocycles. The molecule has 10 nitrogen and oxygen atoms in total. The third-order valence-electron chi connectivity index (χ3n) is 4.63. The largest absolute Gasteiger partial charge is 0.395 e. The van der Waals surface area contributed by atoms with E-state index in [-0.39, 0.29) is 6.61 Å². The zero-order valence-electron chi connectivity index (χ0n) is 15.5. The molecule has 1 saturated heterocycles. The molecule has 3 aromatic rings. The molecule has 0 unspecified atom stereocenters. The number of aliphatic hydroxyl groups excluding tert-OH is 1. The van der Waals surface area contributed by atoms with Crippen molar-refractivity contribution in [2.75, 3.05) is 49.8 Å². The lowest BCUT2D eigenvalue weighted by atomic mass is 10.2. The second kappa shape index (κ2) is 7.87. The van der Waals surface area contributed by atoms with E-state index in [0.717, 1.165) is 5.56 Å². The number of nitrogens with zero attached hydrogens (tertiary/aromatic N) is 7. The zero-order chi connectivity index (χ0) is 19.5. The highest BCUT2D eigenvalue weighted by Crippen LogP contribution is 2.28. The van der Waals surface area contributed by atoms with Gasteiger partial charge in [0.1, 0.15) is 17.0 Å². The van der Waals surface area contributed by atoms with Crippen LogP contribution in [-0.2, 0) is 16.1 Å². The van der Waals surface area contributed by atoms with Crippen LogP contribution in [0.25, 0.3) is 22.4 Å². The van der Waals surface area contributed by atoms with Gasteiger partial charge in [0.15, 0.2) is 5.65 Å². The smallest absolute Gasteiger partial charge is 0.228 e. The molecule has 4 heterocycles. The molecule has 0 radical (unpaired) electrons. The summed E-state index contributed by atoms with van der Waals surface area (Å²) in [7, 11) is 1.64. The average Bonchev–Trinajstić information content (AvgIpc) is 3.16. The monoisotopic (exact) mass is 383 g/mol. The molecule has 4 rings (SSSR count). The van der Waals surface area contributed by atoms with E-state index in [9.17, 15) is 9.90 Å². The third-order valence-corrected chi connectivity index (χ3v) is 4.63. The molecular weight excluding hydrogens is 362 g/mol. The quantitative estimate of drug-likeness (QED) is 0.606. The summed E-state index contributed by atoms with van der Waals surface area (Å²) in [5, 5.41) is 9.35. The van der Waals surface area contributed by atoms with Crippen molar-refractivity contribution >= 4 is 29.3 Å². The van der Waals surface area contributed by atoms with Crippen LogP contribution < -0.4 is 9.80 Å². The number of anilines is 2. The van der Waals surface area contributed by atoms with E-state index in [1.807, 2.05) is 10.6 Å². The van der Waals surface area contributed by atoms with Gasteiger partial charge in [-0.05, 0) is 12.1 Å². The van der Waals surface area contributed by atoms with Crippen LogP contribution in [-0.4, -0.2) is 76.0 Å². The van der Waals surface area contributed by atoms with Gasteiger partial charge in [-0.15, -0.1) is 0 Å². The van der Waals surface area contributed by atoms with E-state index in [1.54, 1.807) is 25.6 Å². The molecule has 3 aromatic heterocycles. The van der Waals surface area contributed by atoms with Crippen LogP contribution in [0.4, 0.5) is 11.8 Å². The van der Waals surface area contributed by atoms with Crippen molar-refractivity contribution in [2.45, 2.75) is 6.54 Å². The minimum absolute atomic E-state index is 0.00797. The van der Waals surface area contributed by atoms with Crippen molar-refractivity contribution in [3.63, 3.8) is 0 Å². The number of hydrogen-bond donors (Lipinski definition) is 1. The summed E-state index contributed by atoms with van der Waals surface area (Å²) in [4.78, 5) is 32.7. The SMILES string of the molecule is CN(C=O)c1ccc(-c2nc(N3CCOCC3)nc3c2ncn3CCO)cn1. The molecule has 1 fully saturated rings. The Kier molecular flexibility index (Phi) is 5.13. The summed E-state index contributed by atoms with van der Waals surface area (Å²) in [6, 6.07) is 3.62. The molecule has 10 heteroatoms. The lowest BCUT2D eigenvalue weighted by Crippen LogP contribution is -2.37. The van der Waals surface area contributed by atoms with Crippen LogP contribution in [0, 0.1) is 0 Å². The summed E-state index contributed by atoms with van der Waals surface area (Å²) >= 11 is 0. The van der Waals surface area contributed by atoms with E-state index in [0.29, 0.717) is 67.9 Å². The summed E-state index contributed by atoms with van der Waals surface area (Å²) in [5.41, 5.74) is 2.74. The van der Waals surface area contributed by atoms with Crippen molar-refractivity contribution in [3.05, 3.63) is 24.7 Å². The van der Waals surface area contributed by atoms with Crippen LogP contribution in [0.3, 0.4) is 0 Å². The number of morpholine rings is 1. The second-order valence-corrected chi connectivity index (χ2v) is 6.43. The first kappa shape index (κ1) is 18.3. The number of fused-ring (bicyclic) bond motifs is 1. The highest BCUT2D eigenvalue weighted by molar-refractivity contribution is 5.88. The molecule has 0 bridgehead atoms. The first-order valence-electron chi connectivity index (χ1n) is 9.02. The van der Waals surface area contributed by atoms with Crippen molar-refractivity contribution < 1.29 is 14.6 Å². The normalized spacial score (nSPS) is 14.4. The van der Waals surface area contributed by atoms with Gasteiger partial charge in [0.05, 0.1) is 26.1 Å². The predicted molar refractivity (Wildman–Crippen MR) is 103 cm³/mol. The molecule has 1 aliphatic heterocycles. The molecule has 1 aliphatic rings. The number of rotatable bonds is 6. The minimum atomic E-state index is -0.00797. The molecule has 0 atom stereocenters. The number of ether oxygens (including phenoxy) is 1. The van der Waals surface area contributed by atoms with Gasteiger partial charge >= 0.3 is 0 Å². The molecule has 28 heavy (non-hydrogen) atoms. The van der Waals surface area contributed by atoms with E-state index in [2.05, 4.69) is 14.9 Å².